The summed E-state index contributed by atoms with van der Waals surface area (Å²) >= 11 is 0. The van der Waals surface area contributed by atoms with Gasteiger partial charge in [-0.15, -0.1) is 0 Å². The number of alkyl halides is 3. The van der Waals surface area contributed by atoms with Crippen LogP contribution >= 0.6 is 0 Å². The van der Waals surface area contributed by atoms with Crippen LogP contribution in [0.2, 0.25) is 0 Å². The number of hydrogen-bond donors (Lipinski definition) is 0. The van der Waals surface area contributed by atoms with Crippen LogP contribution in [0.5, 0.6) is 0 Å². The lowest BCUT2D eigenvalue weighted by molar-refractivity contribution is -0.145. The Morgan fingerprint density at radius 1 is 1.15 bits per heavy atom. The van der Waals surface area contributed by atoms with Crippen molar-refractivity contribution < 1.29 is 27.4 Å². The van der Waals surface area contributed by atoms with Gasteiger partial charge >= 0.3 is 12.1 Å². The molecule has 0 radical (unpaired) electrons. The lowest BCUT2D eigenvalue weighted by Crippen LogP contribution is -2.45. The van der Waals surface area contributed by atoms with Crippen LogP contribution in [0, 0.1) is 29.6 Å². The Hall–Kier alpha value is -2.67. The highest BCUT2D eigenvalue weighted by molar-refractivity contribution is 5.75. The Bertz CT molecular complexity index is 1050. The number of esters is 1. The van der Waals surface area contributed by atoms with Gasteiger partial charge in [-0.2, -0.15) is 13.2 Å². The molecule has 1 saturated carbocycles. The summed E-state index contributed by atoms with van der Waals surface area (Å²) in [6, 6.07) is 8.85. The number of carbonyl (C=O) groups excluding carboxylic acids is 1. The first-order chi connectivity index (χ1) is 15.8. The molecular weight excluding hydrogens is 431 g/mol. The monoisotopic (exact) mass is 457 g/mol. The number of rotatable bonds is 3. The van der Waals surface area contributed by atoms with Crippen molar-refractivity contribution in [1.29, 1.82) is 0 Å². The van der Waals surface area contributed by atoms with Crippen molar-refractivity contribution >= 4 is 12.0 Å². The van der Waals surface area contributed by atoms with Crippen LogP contribution in [0.3, 0.4) is 0 Å². The van der Waals surface area contributed by atoms with E-state index < -0.39 is 11.7 Å². The number of pyridine rings is 1. The van der Waals surface area contributed by atoms with Crippen molar-refractivity contribution in [3.63, 3.8) is 0 Å². The fourth-order valence-electron chi connectivity index (χ4n) is 5.87. The van der Waals surface area contributed by atoms with Gasteiger partial charge in [0.1, 0.15) is 6.10 Å². The first-order valence-electron chi connectivity index (χ1n) is 11.4. The number of carbonyl (C=O) groups is 1. The van der Waals surface area contributed by atoms with Gasteiger partial charge in [0.05, 0.1) is 17.2 Å². The normalized spacial score (nSPS) is 31.8. The third-order valence-corrected chi connectivity index (χ3v) is 7.44. The minimum Gasteiger partial charge on any atom is -0.462 e. The predicted molar refractivity (Wildman–Crippen MR) is 117 cm³/mol. The summed E-state index contributed by atoms with van der Waals surface area (Å²) in [6.07, 6.45) is 3.01. The molecule has 3 aliphatic rings. The molecule has 1 aliphatic carbocycles. The minimum absolute atomic E-state index is 0.0890. The quantitative estimate of drug-likeness (QED) is 0.561. The molecule has 174 valence electrons. The second kappa shape index (κ2) is 8.60. The Kier molecular flexibility index (Phi) is 5.77. The van der Waals surface area contributed by atoms with E-state index >= 15 is 0 Å². The summed E-state index contributed by atoms with van der Waals surface area (Å²) in [5, 5.41) is 0. The average molecular weight is 457 g/mol. The maximum absolute atomic E-state index is 13.0. The number of nitrogens with zero attached hydrogens (tertiary/aromatic N) is 1. The van der Waals surface area contributed by atoms with Crippen LogP contribution in [-0.4, -0.2) is 30.3 Å². The Morgan fingerprint density at radius 3 is 2.76 bits per heavy atom. The zero-order valence-electron chi connectivity index (χ0n) is 18.3. The maximum atomic E-state index is 13.0. The van der Waals surface area contributed by atoms with Gasteiger partial charge in [-0.1, -0.05) is 24.3 Å². The van der Waals surface area contributed by atoms with Crippen molar-refractivity contribution in [2.75, 3.05) is 13.2 Å². The van der Waals surface area contributed by atoms with Crippen molar-refractivity contribution in [2.24, 2.45) is 29.6 Å². The highest BCUT2D eigenvalue weighted by Crippen LogP contribution is 2.51. The summed E-state index contributed by atoms with van der Waals surface area (Å²) < 4.78 is 50.3. The number of aromatic nitrogens is 1. The molecule has 7 heteroatoms. The molecule has 2 aromatic rings. The third kappa shape index (κ3) is 4.31. The van der Waals surface area contributed by atoms with Gasteiger partial charge in [0.15, 0.2) is 0 Å². The second-order valence-corrected chi connectivity index (χ2v) is 9.34. The molecule has 0 N–H and O–H groups in total. The van der Waals surface area contributed by atoms with E-state index in [-0.39, 0.29) is 29.8 Å². The molecular formula is C26H26F3NO3. The van der Waals surface area contributed by atoms with Gasteiger partial charge < -0.3 is 9.47 Å². The topological polar surface area (TPSA) is 48.4 Å². The maximum Gasteiger partial charge on any atom is 0.416 e. The fourth-order valence-corrected chi connectivity index (χ4v) is 5.87. The zero-order valence-corrected chi connectivity index (χ0v) is 18.3. The predicted octanol–water partition coefficient (Wildman–Crippen LogP) is 5.63. The third-order valence-electron chi connectivity index (χ3n) is 7.44. The number of fused-ring (bicyclic) bond motifs is 2. The number of ether oxygens (including phenoxy) is 2. The fraction of sp³-hybridized carbons (Fsp3) is 0.462. The number of hydrogen-bond acceptors (Lipinski definition) is 4. The molecule has 1 aromatic heterocycles. The van der Waals surface area contributed by atoms with E-state index in [4.69, 9.17) is 9.47 Å². The summed E-state index contributed by atoms with van der Waals surface area (Å²) in [7, 11) is 0. The Morgan fingerprint density at radius 2 is 2.00 bits per heavy atom. The lowest BCUT2D eigenvalue weighted by atomic mass is 9.60. The van der Waals surface area contributed by atoms with Gasteiger partial charge in [-0.05, 0) is 67.4 Å². The van der Waals surface area contributed by atoms with E-state index in [0.717, 1.165) is 37.3 Å². The Labute approximate surface area is 190 Å². The molecule has 6 unspecified atom stereocenters. The number of halogens is 3. The minimum atomic E-state index is -4.38. The molecule has 0 bridgehead atoms. The van der Waals surface area contributed by atoms with E-state index in [2.05, 4.69) is 11.1 Å². The summed E-state index contributed by atoms with van der Waals surface area (Å²) in [6.45, 7) is 3.39. The molecule has 4 nitrogen and oxygen atoms in total. The number of benzene rings is 1. The van der Waals surface area contributed by atoms with E-state index in [1.165, 1.54) is 6.07 Å². The first-order valence-corrected chi connectivity index (χ1v) is 11.4. The van der Waals surface area contributed by atoms with Crippen LogP contribution in [0.1, 0.15) is 31.0 Å². The first kappa shape index (κ1) is 22.1. The van der Waals surface area contributed by atoms with Gasteiger partial charge in [0, 0.05) is 30.9 Å². The molecule has 3 fully saturated rings. The highest BCUT2D eigenvalue weighted by atomic mass is 19.4. The average Bonchev–Trinajstić information content (AvgIpc) is 3.09. The summed E-state index contributed by atoms with van der Waals surface area (Å²) in [5.74, 6) is 0.954. The van der Waals surface area contributed by atoms with Gasteiger partial charge in [0.2, 0.25) is 0 Å². The van der Waals surface area contributed by atoms with Crippen LogP contribution in [0.4, 0.5) is 13.2 Å². The van der Waals surface area contributed by atoms with Crippen molar-refractivity contribution in [3.05, 3.63) is 59.9 Å². The van der Waals surface area contributed by atoms with E-state index in [9.17, 15) is 18.0 Å². The van der Waals surface area contributed by atoms with Crippen molar-refractivity contribution in [2.45, 2.75) is 32.0 Å². The van der Waals surface area contributed by atoms with Gasteiger partial charge in [-0.25, -0.2) is 0 Å². The molecule has 0 spiro atoms. The zero-order chi connectivity index (χ0) is 23.2. The highest BCUT2D eigenvalue weighted by Gasteiger charge is 2.54. The van der Waals surface area contributed by atoms with Crippen molar-refractivity contribution in [1.82, 2.24) is 4.98 Å². The summed E-state index contributed by atoms with van der Waals surface area (Å²) in [4.78, 5) is 16.9. The molecule has 33 heavy (non-hydrogen) atoms. The van der Waals surface area contributed by atoms with Crippen LogP contribution in [0.15, 0.2) is 48.7 Å². The molecule has 3 heterocycles. The van der Waals surface area contributed by atoms with E-state index in [1.54, 1.807) is 18.3 Å². The lowest BCUT2D eigenvalue weighted by Gasteiger charge is -2.45. The van der Waals surface area contributed by atoms with Crippen LogP contribution in [-0.2, 0) is 20.4 Å². The van der Waals surface area contributed by atoms with Crippen LogP contribution in [0.25, 0.3) is 17.2 Å². The van der Waals surface area contributed by atoms with Gasteiger partial charge in [-0.3, -0.25) is 9.78 Å². The summed E-state index contributed by atoms with van der Waals surface area (Å²) in [5.41, 5.74) is 1.16. The number of cyclic esters (lactones) is 1. The van der Waals surface area contributed by atoms with Crippen molar-refractivity contribution in [3.8, 4) is 11.1 Å². The largest absolute Gasteiger partial charge is 0.462 e. The standard InChI is InChI=1S/C26H26F3NO3/c1-15-24-22(21-9-10-32-14-18(21)12-23(24)25(31)33-15)8-7-20-6-5-17(13-30-20)16-3-2-4-19(11-16)26(27,28)29/h2-8,11,13,15,18,21-24H,9-10,12,14H2,1H3/b8-7+. The molecule has 2 saturated heterocycles. The molecule has 2 aliphatic heterocycles. The van der Waals surface area contributed by atoms with Crippen LogP contribution < -0.4 is 0 Å². The van der Waals surface area contributed by atoms with E-state index in [0.29, 0.717) is 29.6 Å². The molecule has 0 amide bonds. The smallest absolute Gasteiger partial charge is 0.416 e. The molecule has 6 atom stereocenters. The van der Waals surface area contributed by atoms with Gasteiger partial charge in [0.25, 0.3) is 0 Å². The molecule has 1 aromatic carbocycles. The second-order valence-electron chi connectivity index (χ2n) is 9.34. The number of allylic oxidation sites excluding steroid dienone is 1. The Balaban J connectivity index is 1.38. The molecule has 5 rings (SSSR count). The SMILES string of the molecule is CC1OC(=O)C2CC3COCCC3C(/C=C/c3ccc(-c4cccc(C(F)(F)F)c4)cn3)C12. The van der Waals surface area contributed by atoms with E-state index in [1.807, 2.05) is 19.1 Å².